The molecule has 13 heavy (non-hydrogen) atoms. The molecule has 0 radical (unpaired) electrons. The lowest BCUT2D eigenvalue weighted by atomic mass is 10.7. The molecule has 0 aliphatic carbocycles. The number of alkyl halides is 6. The quantitative estimate of drug-likeness (QED) is 0.686. The molecule has 0 fully saturated rings. The van der Waals surface area contributed by atoms with Crippen molar-refractivity contribution in [3.63, 3.8) is 0 Å². The van der Waals surface area contributed by atoms with Gasteiger partial charge in [0.2, 0.25) is 5.82 Å². The molecule has 3 nitrogen and oxygen atoms in total. The molecule has 0 bridgehead atoms. The van der Waals surface area contributed by atoms with Crippen molar-refractivity contribution in [2.24, 2.45) is 0 Å². The van der Waals surface area contributed by atoms with E-state index in [0.717, 1.165) is 0 Å². The lowest BCUT2D eigenvalue weighted by Crippen LogP contribution is -2.05. The molecule has 0 amide bonds. The van der Waals surface area contributed by atoms with Crippen LogP contribution in [0, 0.1) is 0 Å². The Kier molecular flexibility index (Phi) is 3.49. The second kappa shape index (κ2) is 3.80. The fourth-order valence-corrected chi connectivity index (χ4v) is 0.914. The van der Waals surface area contributed by atoms with E-state index < -0.39 is 7.59 Å². The van der Waals surface area contributed by atoms with Crippen LogP contribution in [0.5, 0.6) is 0 Å². The second-order valence-corrected chi connectivity index (χ2v) is 6.48. The summed E-state index contributed by atoms with van der Waals surface area (Å²) in [5.41, 5.74) is 0. The Hall–Kier alpha value is 0.880. The highest BCUT2D eigenvalue weighted by Gasteiger charge is 2.35. The van der Waals surface area contributed by atoms with Crippen molar-refractivity contribution in [1.29, 1.82) is 0 Å². The first kappa shape index (κ1) is 12.0. The maximum absolute atomic E-state index is 5.44. The standard InChI is InChI=1S/C4Cl6N2O/c5-3(6,7)1-11-2(13-12-1)4(8,9)10. The highest BCUT2D eigenvalue weighted by atomic mass is 35.6. The molecule has 74 valence electrons. The van der Waals surface area contributed by atoms with E-state index in [-0.39, 0.29) is 11.7 Å². The van der Waals surface area contributed by atoms with E-state index in [1.54, 1.807) is 0 Å². The summed E-state index contributed by atoms with van der Waals surface area (Å²) in [7, 11) is 0. The van der Waals surface area contributed by atoms with Crippen LogP contribution in [0.1, 0.15) is 11.7 Å². The lowest BCUT2D eigenvalue weighted by molar-refractivity contribution is 0.377. The zero-order chi connectivity index (χ0) is 10.3. The third kappa shape index (κ3) is 3.18. The summed E-state index contributed by atoms with van der Waals surface area (Å²) in [6.07, 6.45) is 0. The van der Waals surface area contributed by atoms with Crippen LogP contribution in [0.3, 0.4) is 0 Å². The number of halogens is 6. The number of rotatable bonds is 0. The molecule has 1 heterocycles. The minimum atomic E-state index is -1.82. The van der Waals surface area contributed by atoms with Crippen LogP contribution < -0.4 is 0 Å². The molecule has 0 spiro atoms. The molecule has 1 aromatic heterocycles. The van der Waals surface area contributed by atoms with Crippen LogP contribution in [-0.4, -0.2) is 10.1 Å². The fraction of sp³-hybridized carbons (Fsp3) is 0.500. The smallest absolute Gasteiger partial charge is 0.278 e. The van der Waals surface area contributed by atoms with Crippen molar-refractivity contribution in [2.45, 2.75) is 7.59 Å². The first-order chi connectivity index (χ1) is 5.71. The Morgan fingerprint density at radius 3 is 1.69 bits per heavy atom. The van der Waals surface area contributed by atoms with E-state index in [9.17, 15) is 0 Å². The molecule has 0 aliphatic rings. The molecular formula is C4Cl6N2O. The molecule has 1 aromatic rings. The van der Waals surface area contributed by atoms with Gasteiger partial charge in [0.05, 0.1) is 0 Å². The third-order valence-corrected chi connectivity index (χ3v) is 1.91. The van der Waals surface area contributed by atoms with Crippen LogP contribution in [0.25, 0.3) is 0 Å². The number of hydrogen-bond donors (Lipinski definition) is 0. The Balaban J connectivity index is 3.01. The topological polar surface area (TPSA) is 38.9 Å². The lowest BCUT2D eigenvalue weighted by Gasteiger charge is -2.03. The van der Waals surface area contributed by atoms with Crippen LogP contribution in [0.2, 0.25) is 0 Å². The van der Waals surface area contributed by atoms with Gasteiger partial charge in [0.1, 0.15) is 0 Å². The highest BCUT2D eigenvalue weighted by Crippen LogP contribution is 2.40. The average Bonchev–Trinajstić information content (AvgIpc) is 2.28. The summed E-state index contributed by atoms with van der Waals surface area (Å²) in [5, 5.41) is 3.32. The Morgan fingerprint density at radius 1 is 0.923 bits per heavy atom. The zero-order valence-electron chi connectivity index (χ0n) is 5.57. The molecule has 9 heteroatoms. The van der Waals surface area contributed by atoms with Crippen LogP contribution in [-0.2, 0) is 7.59 Å². The molecule has 1 rings (SSSR count). The summed E-state index contributed by atoms with van der Waals surface area (Å²) in [5.74, 6) is -0.433. The first-order valence-electron chi connectivity index (χ1n) is 2.69. The van der Waals surface area contributed by atoms with Crippen molar-refractivity contribution < 1.29 is 4.52 Å². The molecular weight excluding hydrogens is 305 g/mol. The van der Waals surface area contributed by atoms with Crippen molar-refractivity contribution in [2.75, 3.05) is 0 Å². The SMILES string of the molecule is ClC(Cl)(Cl)c1noc(C(Cl)(Cl)Cl)n1. The maximum atomic E-state index is 5.44. The summed E-state index contributed by atoms with van der Waals surface area (Å²) in [6.45, 7) is 0. The van der Waals surface area contributed by atoms with Crippen LogP contribution >= 0.6 is 69.6 Å². The van der Waals surface area contributed by atoms with E-state index >= 15 is 0 Å². The number of hydrogen-bond acceptors (Lipinski definition) is 3. The molecule has 0 atom stereocenters. The van der Waals surface area contributed by atoms with E-state index in [2.05, 4.69) is 14.7 Å². The van der Waals surface area contributed by atoms with Gasteiger partial charge in [-0.1, -0.05) is 74.8 Å². The van der Waals surface area contributed by atoms with Crippen molar-refractivity contribution in [3.05, 3.63) is 11.7 Å². The zero-order valence-corrected chi connectivity index (χ0v) is 10.1. The first-order valence-corrected chi connectivity index (χ1v) is 4.96. The van der Waals surface area contributed by atoms with Gasteiger partial charge in [-0.25, -0.2) is 0 Å². The summed E-state index contributed by atoms with van der Waals surface area (Å²) in [4.78, 5) is 3.58. The predicted octanol–water partition coefficient (Wildman–Crippen LogP) is 3.72. The maximum Gasteiger partial charge on any atom is 0.278 e. The van der Waals surface area contributed by atoms with Crippen LogP contribution in [0.15, 0.2) is 4.52 Å². The molecule has 0 aliphatic heterocycles. The van der Waals surface area contributed by atoms with Gasteiger partial charge in [-0.2, -0.15) is 4.98 Å². The van der Waals surface area contributed by atoms with E-state index in [1.165, 1.54) is 0 Å². The van der Waals surface area contributed by atoms with Crippen LogP contribution in [0.4, 0.5) is 0 Å². The molecule has 0 aromatic carbocycles. The van der Waals surface area contributed by atoms with E-state index in [4.69, 9.17) is 69.6 Å². The normalized spacial score (nSPS) is 13.4. The van der Waals surface area contributed by atoms with E-state index in [0.29, 0.717) is 0 Å². The monoisotopic (exact) mass is 302 g/mol. The van der Waals surface area contributed by atoms with Crippen molar-refractivity contribution in [1.82, 2.24) is 10.1 Å². The minimum Gasteiger partial charge on any atom is -0.334 e. The largest absolute Gasteiger partial charge is 0.334 e. The van der Waals surface area contributed by atoms with Gasteiger partial charge >= 0.3 is 0 Å². The van der Waals surface area contributed by atoms with Gasteiger partial charge in [-0.05, 0) is 0 Å². The summed E-state index contributed by atoms with van der Waals surface area (Å²) in [6, 6.07) is 0. The average molecular weight is 305 g/mol. The van der Waals surface area contributed by atoms with Gasteiger partial charge in [0.25, 0.3) is 13.5 Å². The Morgan fingerprint density at radius 2 is 1.46 bits per heavy atom. The van der Waals surface area contributed by atoms with Gasteiger partial charge in [-0.15, -0.1) is 0 Å². The number of nitrogens with zero attached hydrogens (tertiary/aromatic N) is 2. The molecule has 0 saturated heterocycles. The fourth-order valence-electron chi connectivity index (χ4n) is 0.454. The molecule has 0 unspecified atom stereocenters. The van der Waals surface area contributed by atoms with Gasteiger partial charge in [0, 0.05) is 0 Å². The number of aromatic nitrogens is 2. The summed E-state index contributed by atoms with van der Waals surface area (Å²) >= 11 is 32.6. The van der Waals surface area contributed by atoms with Crippen molar-refractivity contribution in [3.8, 4) is 0 Å². The Bertz CT molecular complexity index is 270. The minimum absolute atomic E-state index is 0.182. The second-order valence-electron chi connectivity index (χ2n) is 1.92. The van der Waals surface area contributed by atoms with Crippen molar-refractivity contribution >= 4 is 69.6 Å². The highest BCUT2D eigenvalue weighted by molar-refractivity contribution is 6.67. The van der Waals surface area contributed by atoms with Gasteiger partial charge < -0.3 is 4.52 Å². The molecule has 0 N–H and O–H groups in total. The Labute approximate surface area is 103 Å². The third-order valence-electron chi connectivity index (χ3n) is 0.922. The summed E-state index contributed by atoms with van der Waals surface area (Å²) < 4.78 is 0.933. The predicted molar refractivity (Wildman–Crippen MR) is 52.8 cm³/mol. The van der Waals surface area contributed by atoms with E-state index in [1.807, 2.05) is 0 Å². The molecule has 0 saturated carbocycles. The van der Waals surface area contributed by atoms with Gasteiger partial charge in [0.15, 0.2) is 0 Å². The van der Waals surface area contributed by atoms with Gasteiger partial charge in [-0.3, -0.25) is 0 Å².